The fourth-order valence-electron chi connectivity index (χ4n) is 2.38. The van der Waals surface area contributed by atoms with Gasteiger partial charge in [0, 0.05) is 27.2 Å². The van der Waals surface area contributed by atoms with Crippen LogP contribution in [0, 0.1) is 6.92 Å². The van der Waals surface area contributed by atoms with Crippen molar-refractivity contribution in [1.29, 1.82) is 0 Å². The van der Waals surface area contributed by atoms with E-state index in [1.807, 2.05) is 7.05 Å². The van der Waals surface area contributed by atoms with Crippen molar-refractivity contribution < 1.29 is 9.53 Å². The summed E-state index contributed by atoms with van der Waals surface area (Å²) < 4.78 is 5.27. The summed E-state index contributed by atoms with van der Waals surface area (Å²) in [6.45, 7) is 3.46. The minimum atomic E-state index is -0.111. The Kier molecular flexibility index (Phi) is 4.56. The third-order valence-electron chi connectivity index (χ3n) is 3.64. The summed E-state index contributed by atoms with van der Waals surface area (Å²) >= 11 is 0. The lowest BCUT2D eigenvalue weighted by molar-refractivity contribution is -0.132. The van der Waals surface area contributed by atoms with Crippen LogP contribution in [-0.2, 0) is 16.1 Å². The summed E-state index contributed by atoms with van der Waals surface area (Å²) in [4.78, 5) is 14.1. The average Bonchev–Trinajstić information content (AvgIpc) is 2.89. The lowest BCUT2D eigenvalue weighted by Gasteiger charge is -2.21. The zero-order valence-corrected chi connectivity index (χ0v) is 11.8. The molecular formula is C15H22N2O2. The summed E-state index contributed by atoms with van der Waals surface area (Å²) in [5.41, 5.74) is 2.39. The molecule has 1 aliphatic heterocycles. The van der Waals surface area contributed by atoms with Crippen molar-refractivity contribution in [3.63, 3.8) is 0 Å². The predicted molar refractivity (Wildman–Crippen MR) is 74.9 cm³/mol. The molecule has 2 rings (SSSR count). The molecule has 1 aromatic rings. The molecule has 0 radical (unpaired) electrons. The molecule has 0 aromatic heterocycles. The maximum absolute atomic E-state index is 12.3. The van der Waals surface area contributed by atoms with E-state index < -0.39 is 0 Å². The van der Waals surface area contributed by atoms with Gasteiger partial charge in [0.05, 0.1) is 12.1 Å². The maximum Gasteiger partial charge on any atom is 0.239 e. The van der Waals surface area contributed by atoms with Crippen LogP contribution in [0.4, 0.5) is 0 Å². The van der Waals surface area contributed by atoms with E-state index in [0.717, 1.165) is 18.5 Å². The Labute approximate surface area is 114 Å². The van der Waals surface area contributed by atoms with Gasteiger partial charge in [-0.3, -0.25) is 4.79 Å². The van der Waals surface area contributed by atoms with Gasteiger partial charge in [-0.05, 0) is 18.9 Å². The molecule has 0 spiro atoms. The highest BCUT2D eigenvalue weighted by molar-refractivity contribution is 5.82. The second kappa shape index (κ2) is 6.17. The fourth-order valence-corrected chi connectivity index (χ4v) is 2.38. The first kappa shape index (κ1) is 14.0. The zero-order chi connectivity index (χ0) is 13.8. The third kappa shape index (κ3) is 3.55. The maximum atomic E-state index is 12.3. The largest absolute Gasteiger partial charge is 0.380 e. The number of ether oxygens (including phenoxy) is 1. The number of nitrogens with zero attached hydrogens (tertiary/aromatic N) is 1. The van der Waals surface area contributed by atoms with Crippen molar-refractivity contribution in [3.8, 4) is 0 Å². The van der Waals surface area contributed by atoms with Gasteiger partial charge >= 0.3 is 0 Å². The van der Waals surface area contributed by atoms with E-state index in [4.69, 9.17) is 4.74 Å². The SMILES string of the molecule is COC1CNC(C(=O)N(C)Cc2ccc(C)cc2)C1. The van der Waals surface area contributed by atoms with Crippen LogP contribution in [0.3, 0.4) is 0 Å². The van der Waals surface area contributed by atoms with Crippen molar-refractivity contribution in [2.45, 2.75) is 32.0 Å². The first-order valence-corrected chi connectivity index (χ1v) is 6.67. The smallest absolute Gasteiger partial charge is 0.239 e. The van der Waals surface area contributed by atoms with Crippen molar-refractivity contribution in [2.75, 3.05) is 20.7 Å². The number of methoxy groups -OCH3 is 1. The van der Waals surface area contributed by atoms with Gasteiger partial charge < -0.3 is 15.0 Å². The molecule has 1 saturated heterocycles. The Morgan fingerprint density at radius 2 is 2.11 bits per heavy atom. The van der Waals surface area contributed by atoms with Crippen LogP contribution in [-0.4, -0.2) is 43.7 Å². The molecule has 1 aromatic carbocycles. The second-order valence-electron chi connectivity index (χ2n) is 5.23. The van der Waals surface area contributed by atoms with E-state index in [-0.39, 0.29) is 18.1 Å². The van der Waals surface area contributed by atoms with E-state index in [2.05, 4.69) is 36.5 Å². The first-order chi connectivity index (χ1) is 9.10. The molecule has 1 aliphatic rings. The number of nitrogens with one attached hydrogen (secondary N) is 1. The topological polar surface area (TPSA) is 41.6 Å². The Morgan fingerprint density at radius 1 is 1.42 bits per heavy atom. The lowest BCUT2D eigenvalue weighted by Crippen LogP contribution is -2.41. The number of carbonyl (C=O) groups is 1. The highest BCUT2D eigenvalue weighted by Crippen LogP contribution is 2.13. The van der Waals surface area contributed by atoms with E-state index in [1.165, 1.54) is 5.56 Å². The van der Waals surface area contributed by atoms with Gasteiger partial charge in [0.15, 0.2) is 0 Å². The van der Waals surface area contributed by atoms with Gasteiger partial charge in [-0.15, -0.1) is 0 Å². The molecular weight excluding hydrogens is 240 g/mol. The van der Waals surface area contributed by atoms with Gasteiger partial charge in [-0.25, -0.2) is 0 Å². The molecule has 4 nitrogen and oxygen atoms in total. The van der Waals surface area contributed by atoms with Crippen LogP contribution in [0.25, 0.3) is 0 Å². The quantitative estimate of drug-likeness (QED) is 0.890. The average molecular weight is 262 g/mol. The van der Waals surface area contributed by atoms with E-state index in [9.17, 15) is 4.79 Å². The highest BCUT2D eigenvalue weighted by Gasteiger charge is 2.31. The van der Waals surface area contributed by atoms with Crippen molar-refractivity contribution in [1.82, 2.24) is 10.2 Å². The molecule has 2 unspecified atom stereocenters. The number of hydrogen-bond donors (Lipinski definition) is 1. The lowest BCUT2D eigenvalue weighted by atomic mass is 10.1. The van der Waals surface area contributed by atoms with Crippen LogP contribution in [0.5, 0.6) is 0 Å². The van der Waals surface area contributed by atoms with E-state index in [1.54, 1.807) is 12.0 Å². The minimum absolute atomic E-state index is 0.111. The van der Waals surface area contributed by atoms with Crippen molar-refractivity contribution in [2.24, 2.45) is 0 Å². The normalized spacial score (nSPS) is 22.5. The fraction of sp³-hybridized carbons (Fsp3) is 0.533. The van der Waals surface area contributed by atoms with Crippen molar-refractivity contribution >= 4 is 5.91 Å². The summed E-state index contributed by atoms with van der Waals surface area (Å²) in [7, 11) is 3.54. The van der Waals surface area contributed by atoms with Gasteiger partial charge in [-0.1, -0.05) is 29.8 Å². The van der Waals surface area contributed by atoms with Gasteiger partial charge in [0.2, 0.25) is 5.91 Å². The van der Waals surface area contributed by atoms with Gasteiger partial charge in [0.1, 0.15) is 0 Å². The summed E-state index contributed by atoms with van der Waals surface area (Å²) in [5.74, 6) is 0.139. The summed E-state index contributed by atoms with van der Waals surface area (Å²) in [6.07, 6.45) is 0.912. The molecule has 19 heavy (non-hydrogen) atoms. The molecule has 1 heterocycles. The number of hydrogen-bond acceptors (Lipinski definition) is 3. The number of benzene rings is 1. The summed E-state index contributed by atoms with van der Waals surface area (Å²) in [5, 5.41) is 3.22. The molecule has 0 saturated carbocycles. The molecule has 1 fully saturated rings. The highest BCUT2D eigenvalue weighted by atomic mass is 16.5. The van der Waals surface area contributed by atoms with Crippen molar-refractivity contribution in [3.05, 3.63) is 35.4 Å². The van der Waals surface area contributed by atoms with Crippen LogP contribution in [0.2, 0.25) is 0 Å². The molecule has 1 amide bonds. The standard InChI is InChI=1S/C15H22N2O2/c1-11-4-6-12(7-5-11)10-17(2)15(18)14-8-13(19-3)9-16-14/h4-7,13-14,16H,8-10H2,1-3H3. The molecule has 0 bridgehead atoms. The number of likely N-dealkylation sites (N-methyl/N-ethyl adjacent to an activating group) is 1. The third-order valence-corrected chi connectivity index (χ3v) is 3.64. The van der Waals surface area contributed by atoms with E-state index in [0.29, 0.717) is 6.54 Å². The van der Waals surface area contributed by atoms with Crippen LogP contribution < -0.4 is 5.32 Å². The van der Waals surface area contributed by atoms with Crippen LogP contribution in [0.1, 0.15) is 17.5 Å². The van der Waals surface area contributed by atoms with Gasteiger partial charge in [-0.2, -0.15) is 0 Å². The Bertz CT molecular complexity index is 430. The molecule has 104 valence electrons. The number of amides is 1. The Morgan fingerprint density at radius 3 is 2.68 bits per heavy atom. The van der Waals surface area contributed by atoms with Crippen LogP contribution >= 0.6 is 0 Å². The summed E-state index contributed by atoms with van der Waals surface area (Å²) in [6, 6.07) is 8.17. The monoisotopic (exact) mass is 262 g/mol. The molecule has 1 N–H and O–H groups in total. The number of rotatable bonds is 4. The first-order valence-electron chi connectivity index (χ1n) is 6.67. The van der Waals surface area contributed by atoms with Crippen LogP contribution in [0.15, 0.2) is 24.3 Å². The molecule has 2 atom stereocenters. The second-order valence-corrected chi connectivity index (χ2v) is 5.23. The van der Waals surface area contributed by atoms with Gasteiger partial charge in [0.25, 0.3) is 0 Å². The molecule has 4 heteroatoms. The Hall–Kier alpha value is -1.39. The Balaban J connectivity index is 1.91. The van der Waals surface area contributed by atoms with E-state index >= 15 is 0 Å². The number of carbonyl (C=O) groups excluding carboxylic acids is 1. The minimum Gasteiger partial charge on any atom is -0.380 e. The number of aryl methyl sites for hydroxylation is 1. The predicted octanol–water partition coefficient (Wildman–Crippen LogP) is 1.33. The zero-order valence-electron chi connectivity index (χ0n) is 11.8. The molecule has 0 aliphatic carbocycles.